The number of aromatic nitrogens is 2. The highest BCUT2D eigenvalue weighted by atomic mass is 32.1. The maximum Gasteiger partial charge on any atom is 0.273 e. The van der Waals surface area contributed by atoms with Gasteiger partial charge in [0, 0.05) is 23.8 Å². The van der Waals surface area contributed by atoms with Crippen LogP contribution >= 0.6 is 11.3 Å². The number of H-pyrrole nitrogens is 1. The number of benzene rings is 1. The highest BCUT2D eigenvalue weighted by Crippen LogP contribution is 2.37. The molecule has 4 rings (SSSR count). The van der Waals surface area contributed by atoms with Gasteiger partial charge in [0.15, 0.2) is 5.13 Å². The fourth-order valence-electron chi connectivity index (χ4n) is 3.14. The number of anilines is 2. The summed E-state index contributed by atoms with van der Waals surface area (Å²) in [6, 6.07) is 14.3. The normalized spacial score (nSPS) is 17.2. The Bertz CT molecular complexity index is 813. The first-order valence-corrected chi connectivity index (χ1v) is 8.91. The summed E-state index contributed by atoms with van der Waals surface area (Å²) in [4.78, 5) is 22.1. The van der Waals surface area contributed by atoms with Gasteiger partial charge in [-0.15, -0.1) is 11.3 Å². The lowest BCUT2D eigenvalue weighted by Crippen LogP contribution is -2.22. The Morgan fingerprint density at radius 2 is 2.12 bits per heavy atom. The number of thiazole rings is 1. The number of amides is 1. The van der Waals surface area contributed by atoms with Crippen LogP contribution in [0.15, 0.2) is 54.0 Å². The number of carbonyl (C=O) groups excluding carboxylic acids is 1. The minimum Gasteiger partial charge on any atom is -0.363 e. The molecule has 122 valence electrons. The summed E-state index contributed by atoms with van der Waals surface area (Å²) in [6.45, 7) is 1.04. The Hall–Kier alpha value is -2.60. The second-order valence-corrected chi connectivity index (χ2v) is 6.66. The molecule has 0 bridgehead atoms. The van der Waals surface area contributed by atoms with Crippen LogP contribution < -0.4 is 10.2 Å². The third-order valence-corrected chi connectivity index (χ3v) is 5.04. The summed E-state index contributed by atoms with van der Waals surface area (Å²) in [5.41, 5.74) is 2.80. The van der Waals surface area contributed by atoms with E-state index in [1.54, 1.807) is 18.3 Å². The number of nitrogens with one attached hydrogen (secondary N) is 2. The third-order valence-electron chi connectivity index (χ3n) is 4.27. The van der Waals surface area contributed by atoms with E-state index in [1.165, 1.54) is 17.0 Å². The van der Waals surface area contributed by atoms with Crippen molar-refractivity contribution < 1.29 is 4.79 Å². The average molecular weight is 338 g/mol. The Morgan fingerprint density at radius 3 is 2.92 bits per heavy atom. The SMILES string of the molecule is O=C(Nc1nc(C2CCCN2c2ccccc2)cs1)c1ccc[nH]1. The van der Waals surface area contributed by atoms with E-state index < -0.39 is 0 Å². The molecule has 3 heterocycles. The highest BCUT2D eigenvalue weighted by molar-refractivity contribution is 7.14. The molecular weight excluding hydrogens is 320 g/mol. The molecule has 2 N–H and O–H groups in total. The molecule has 24 heavy (non-hydrogen) atoms. The van der Waals surface area contributed by atoms with Gasteiger partial charge in [0.1, 0.15) is 5.69 Å². The molecule has 5 nitrogen and oxygen atoms in total. The van der Waals surface area contributed by atoms with E-state index in [-0.39, 0.29) is 11.9 Å². The Morgan fingerprint density at radius 1 is 1.25 bits per heavy atom. The van der Waals surface area contributed by atoms with Crippen molar-refractivity contribution in [3.63, 3.8) is 0 Å². The van der Waals surface area contributed by atoms with Gasteiger partial charge in [-0.2, -0.15) is 0 Å². The Labute approximate surface area is 144 Å². The average Bonchev–Trinajstić information content (AvgIpc) is 3.36. The summed E-state index contributed by atoms with van der Waals surface area (Å²) in [6.07, 6.45) is 3.97. The molecule has 0 radical (unpaired) electrons. The number of para-hydroxylation sites is 1. The predicted octanol–water partition coefficient (Wildman–Crippen LogP) is 4.07. The minimum absolute atomic E-state index is 0.160. The van der Waals surface area contributed by atoms with Crippen molar-refractivity contribution in [1.82, 2.24) is 9.97 Å². The fraction of sp³-hybridized carbons (Fsp3) is 0.222. The first-order valence-electron chi connectivity index (χ1n) is 8.03. The highest BCUT2D eigenvalue weighted by Gasteiger charge is 2.28. The van der Waals surface area contributed by atoms with Crippen LogP contribution in [-0.2, 0) is 0 Å². The minimum atomic E-state index is -0.160. The van der Waals surface area contributed by atoms with Crippen LogP contribution in [-0.4, -0.2) is 22.4 Å². The lowest BCUT2D eigenvalue weighted by molar-refractivity contribution is 0.102. The molecule has 1 fully saturated rings. The molecule has 0 aliphatic carbocycles. The fourth-order valence-corrected chi connectivity index (χ4v) is 3.89. The van der Waals surface area contributed by atoms with Crippen molar-refractivity contribution in [2.75, 3.05) is 16.8 Å². The standard InChI is InChI=1S/C18H18N4OS/c23-17(14-8-4-10-19-14)21-18-20-15(12-24-18)16-9-5-11-22(16)13-6-2-1-3-7-13/h1-4,6-8,10,12,16,19H,5,9,11H2,(H,20,21,23). The molecule has 1 atom stereocenters. The van der Waals surface area contributed by atoms with Gasteiger partial charge in [-0.05, 0) is 37.1 Å². The Kier molecular flexibility index (Phi) is 4.04. The monoisotopic (exact) mass is 338 g/mol. The van der Waals surface area contributed by atoms with Gasteiger partial charge in [-0.25, -0.2) is 4.98 Å². The molecule has 1 unspecified atom stereocenters. The molecule has 2 aromatic heterocycles. The molecule has 1 amide bonds. The van der Waals surface area contributed by atoms with Gasteiger partial charge >= 0.3 is 0 Å². The number of hydrogen-bond donors (Lipinski definition) is 2. The maximum atomic E-state index is 12.1. The second-order valence-electron chi connectivity index (χ2n) is 5.80. The third kappa shape index (κ3) is 2.92. The molecule has 3 aromatic rings. The lowest BCUT2D eigenvalue weighted by atomic mass is 10.1. The molecule has 1 saturated heterocycles. The largest absolute Gasteiger partial charge is 0.363 e. The van der Waals surface area contributed by atoms with Crippen LogP contribution in [0.25, 0.3) is 0 Å². The van der Waals surface area contributed by atoms with Gasteiger partial charge < -0.3 is 9.88 Å². The first kappa shape index (κ1) is 15.0. The van der Waals surface area contributed by atoms with E-state index in [9.17, 15) is 4.79 Å². The van der Waals surface area contributed by atoms with Gasteiger partial charge in [0.2, 0.25) is 0 Å². The molecule has 0 spiro atoms. The van der Waals surface area contributed by atoms with Crippen LogP contribution in [0.2, 0.25) is 0 Å². The molecule has 1 aromatic carbocycles. The summed E-state index contributed by atoms with van der Waals surface area (Å²) in [5, 5.41) is 5.56. The Balaban J connectivity index is 1.51. The predicted molar refractivity (Wildman–Crippen MR) is 96.6 cm³/mol. The van der Waals surface area contributed by atoms with E-state index in [4.69, 9.17) is 0 Å². The molecular formula is C18H18N4OS. The van der Waals surface area contributed by atoms with E-state index in [2.05, 4.69) is 49.8 Å². The summed E-state index contributed by atoms with van der Waals surface area (Å²) in [7, 11) is 0. The van der Waals surface area contributed by atoms with Gasteiger partial charge in [0.25, 0.3) is 5.91 Å². The van der Waals surface area contributed by atoms with Crippen LogP contribution in [0.4, 0.5) is 10.8 Å². The lowest BCUT2D eigenvalue weighted by Gasteiger charge is -2.25. The zero-order chi connectivity index (χ0) is 16.4. The van der Waals surface area contributed by atoms with E-state index in [0.29, 0.717) is 10.8 Å². The van der Waals surface area contributed by atoms with Crippen LogP contribution in [0.5, 0.6) is 0 Å². The van der Waals surface area contributed by atoms with Gasteiger partial charge in [-0.3, -0.25) is 10.1 Å². The molecule has 6 heteroatoms. The van der Waals surface area contributed by atoms with Crippen molar-refractivity contribution in [1.29, 1.82) is 0 Å². The number of carbonyl (C=O) groups is 1. The van der Waals surface area contributed by atoms with Gasteiger partial charge in [-0.1, -0.05) is 18.2 Å². The van der Waals surface area contributed by atoms with Crippen molar-refractivity contribution in [3.8, 4) is 0 Å². The number of aromatic amines is 1. The van der Waals surface area contributed by atoms with E-state index in [1.807, 2.05) is 6.07 Å². The van der Waals surface area contributed by atoms with Gasteiger partial charge in [0.05, 0.1) is 11.7 Å². The maximum absolute atomic E-state index is 12.1. The quantitative estimate of drug-likeness (QED) is 0.754. The summed E-state index contributed by atoms with van der Waals surface area (Å²) < 4.78 is 0. The van der Waals surface area contributed by atoms with Crippen molar-refractivity contribution in [2.45, 2.75) is 18.9 Å². The second kappa shape index (κ2) is 6.49. The number of nitrogens with zero attached hydrogens (tertiary/aromatic N) is 2. The van der Waals surface area contributed by atoms with E-state index >= 15 is 0 Å². The molecule has 1 aliphatic heterocycles. The van der Waals surface area contributed by atoms with Crippen LogP contribution in [0, 0.1) is 0 Å². The summed E-state index contributed by atoms with van der Waals surface area (Å²) >= 11 is 1.48. The first-order chi connectivity index (χ1) is 11.8. The molecule has 1 aliphatic rings. The van der Waals surface area contributed by atoms with Crippen LogP contribution in [0.3, 0.4) is 0 Å². The van der Waals surface area contributed by atoms with Crippen molar-refractivity contribution in [2.24, 2.45) is 0 Å². The van der Waals surface area contributed by atoms with Crippen LogP contribution in [0.1, 0.15) is 35.1 Å². The number of rotatable bonds is 4. The zero-order valence-electron chi connectivity index (χ0n) is 13.1. The summed E-state index contributed by atoms with van der Waals surface area (Å²) in [5.74, 6) is -0.160. The van der Waals surface area contributed by atoms with Crippen molar-refractivity contribution in [3.05, 3.63) is 65.4 Å². The number of hydrogen-bond acceptors (Lipinski definition) is 4. The molecule has 0 saturated carbocycles. The van der Waals surface area contributed by atoms with E-state index in [0.717, 1.165) is 25.1 Å². The topological polar surface area (TPSA) is 61.0 Å². The zero-order valence-corrected chi connectivity index (χ0v) is 13.9. The van der Waals surface area contributed by atoms with Crippen molar-refractivity contribution >= 4 is 28.1 Å². The smallest absolute Gasteiger partial charge is 0.273 e.